The summed E-state index contributed by atoms with van der Waals surface area (Å²) in [5.41, 5.74) is 3.00. The number of nitrogens with one attached hydrogen (secondary N) is 1. The van der Waals surface area contributed by atoms with E-state index in [0.717, 1.165) is 58.1 Å². The molecule has 7 nitrogen and oxygen atoms in total. The Balaban J connectivity index is 1.43. The molecule has 4 heterocycles. The minimum Gasteiger partial charge on any atom is -0.356 e. The Labute approximate surface area is 178 Å². The number of hydrogen-bond acceptors (Lipinski definition) is 6. The van der Waals surface area contributed by atoms with E-state index < -0.39 is 0 Å². The molecule has 154 valence electrons. The Bertz CT molecular complexity index is 1240. The molecule has 0 bridgehead atoms. The number of aromatic nitrogens is 4. The first kappa shape index (κ1) is 19.0. The summed E-state index contributed by atoms with van der Waals surface area (Å²) < 4.78 is 2.14. The summed E-state index contributed by atoms with van der Waals surface area (Å²) in [7, 11) is 0. The third kappa shape index (κ3) is 3.11. The van der Waals surface area contributed by atoms with Crippen LogP contribution in [0.3, 0.4) is 0 Å². The smallest absolute Gasteiger partial charge is 0.262 e. The van der Waals surface area contributed by atoms with E-state index in [2.05, 4.69) is 37.7 Å². The molecule has 1 aromatic carbocycles. The van der Waals surface area contributed by atoms with Crippen molar-refractivity contribution in [2.75, 3.05) is 18.0 Å². The van der Waals surface area contributed by atoms with Crippen LogP contribution in [0.1, 0.15) is 40.8 Å². The maximum absolute atomic E-state index is 13.1. The van der Waals surface area contributed by atoms with E-state index in [1.807, 2.05) is 25.1 Å². The van der Waals surface area contributed by atoms with Gasteiger partial charge in [-0.1, -0.05) is 12.1 Å². The summed E-state index contributed by atoms with van der Waals surface area (Å²) in [5, 5.41) is 4.08. The van der Waals surface area contributed by atoms with Crippen LogP contribution >= 0.6 is 11.3 Å². The van der Waals surface area contributed by atoms with Crippen molar-refractivity contribution >= 4 is 44.3 Å². The number of benzene rings is 1. The Morgan fingerprint density at radius 1 is 1.20 bits per heavy atom. The lowest BCUT2D eigenvalue weighted by Crippen LogP contribution is -2.24. The monoisotopic (exact) mass is 420 g/mol. The van der Waals surface area contributed by atoms with E-state index >= 15 is 0 Å². The van der Waals surface area contributed by atoms with Crippen LogP contribution in [0, 0.1) is 6.92 Å². The van der Waals surface area contributed by atoms with E-state index in [9.17, 15) is 4.79 Å². The Hall–Kier alpha value is -3.00. The van der Waals surface area contributed by atoms with Crippen molar-refractivity contribution in [2.24, 2.45) is 0 Å². The van der Waals surface area contributed by atoms with Crippen LogP contribution in [0.15, 0.2) is 30.6 Å². The van der Waals surface area contributed by atoms with Crippen molar-refractivity contribution in [1.29, 1.82) is 0 Å². The van der Waals surface area contributed by atoms with Crippen LogP contribution in [0.5, 0.6) is 0 Å². The molecule has 1 amide bonds. The maximum Gasteiger partial charge on any atom is 0.262 e. The molecule has 0 radical (unpaired) electrons. The molecule has 0 saturated carbocycles. The fourth-order valence-corrected chi connectivity index (χ4v) is 5.35. The fraction of sp³-hybridized carbons (Fsp3) is 0.364. The Morgan fingerprint density at radius 3 is 2.80 bits per heavy atom. The minimum absolute atomic E-state index is 0.0856. The number of para-hydroxylation sites is 2. The van der Waals surface area contributed by atoms with Gasteiger partial charge < -0.3 is 14.8 Å². The van der Waals surface area contributed by atoms with Gasteiger partial charge in [0.05, 0.1) is 27.8 Å². The van der Waals surface area contributed by atoms with Crippen molar-refractivity contribution in [1.82, 2.24) is 24.8 Å². The summed E-state index contributed by atoms with van der Waals surface area (Å²) in [4.78, 5) is 30.6. The quantitative estimate of drug-likeness (QED) is 0.530. The first-order valence-corrected chi connectivity index (χ1v) is 11.2. The van der Waals surface area contributed by atoms with Gasteiger partial charge in [-0.3, -0.25) is 4.79 Å². The van der Waals surface area contributed by atoms with Gasteiger partial charge >= 0.3 is 0 Å². The van der Waals surface area contributed by atoms with Crippen molar-refractivity contribution in [3.8, 4) is 0 Å². The molecule has 4 aromatic rings. The number of carbonyl (C=O) groups is 1. The highest BCUT2D eigenvalue weighted by atomic mass is 32.1. The van der Waals surface area contributed by atoms with Crippen LogP contribution in [0.2, 0.25) is 0 Å². The Kier molecular flexibility index (Phi) is 4.86. The molecule has 30 heavy (non-hydrogen) atoms. The van der Waals surface area contributed by atoms with E-state index in [1.165, 1.54) is 24.2 Å². The number of thiophene rings is 1. The molecule has 0 unspecified atom stereocenters. The SMILES string of the molecule is CCn1c(CNC(=O)c2sc3ncnc(N4CCCC4)c3c2C)nc2ccccc21. The van der Waals surface area contributed by atoms with E-state index in [0.29, 0.717) is 11.4 Å². The lowest BCUT2D eigenvalue weighted by Gasteiger charge is -2.17. The van der Waals surface area contributed by atoms with Gasteiger partial charge in [-0.25, -0.2) is 15.0 Å². The van der Waals surface area contributed by atoms with E-state index in [4.69, 9.17) is 4.98 Å². The number of carbonyl (C=O) groups excluding carboxylic acids is 1. The number of anilines is 1. The van der Waals surface area contributed by atoms with Gasteiger partial charge in [-0.05, 0) is 44.4 Å². The number of rotatable bonds is 5. The van der Waals surface area contributed by atoms with Crippen molar-refractivity contribution in [3.63, 3.8) is 0 Å². The van der Waals surface area contributed by atoms with Gasteiger partial charge in [0.1, 0.15) is 22.8 Å². The Morgan fingerprint density at radius 2 is 2.00 bits per heavy atom. The van der Waals surface area contributed by atoms with Gasteiger partial charge in [-0.2, -0.15) is 0 Å². The number of nitrogens with zero attached hydrogens (tertiary/aromatic N) is 5. The highest BCUT2D eigenvalue weighted by molar-refractivity contribution is 7.20. The average Bonchev–Trinajstić information content (AvgIpc) is 3.49. The summed E-state index contributed by atoms with van der Waals surface area (Å²) in [6.45, 7) is 7.31. The van der Waals surface area contributed by atoms with Crippen LogP contribution in [-0.2, 0) is 13.1 Å². The molecule has 1 aliphatic rings. The van der Waals surface area contributed by atoms with E-state index in [-0.39, 0.29) is 5.91 Å². The lowest BCUT2D eigenvalue weighted by molar-refractivity contribution is 0.0953. The molecule has 0 atom stereocenters. The molecule has 0 spiro atoms. The standard InChI is InChI=1S/C22H24N6OS/c1-3-28-16-9-5-4-8-15(16)26-17(28)12-23-21(29)19-14(2)18-20(27-10-6-7-11-27)24-13-25-22(18)30-19/h4-5,8-9,13H,3,6-7,10-12H2,1-2H3,(H,23,29). The van der Waals surface area contributed by atoms with Gasteiger partial charge in [-0.15, -0.1) is 11.3 Å². The van der Waals surface area contributed by atoms with E-state index in [1.54, 1.807) is 6.33 Å². The predicted molar refractivity (Wildman–Crippen MR) is 120 cm³/mol. The predicted octanol–water partition coefficient (Wildman–Crippen LogP) is 3.90. The summed E-state index contributed by atoms with van der Waals surface area (Å²) in [6, 6.07) is 8.06. The van der Waals surface area contributed by atoms with Crippen molar-refractivity contribution in [2.45, 2.75) is 39.8 Å². The summed E-state index contributed by atoms with van der Waals surface area (Å²) >= 11 is 1.44. The molecule has 1 N–H and O–H groups in total. The highest BCUT2D eigenvalue weighted by Gasteiger charge is 2.23. The molecular formula is C22H24N6OS. The second-order valence-corrected chi connectivity index (χ2v) is 8.57. The van der Waals surface area contributed by atoms with Gasteiger partial charge in [0.25, 0.3) is 5.91 Å². The zero-order valence-electron chi connectivity index (χ0n) is 17.2. The van der Waals surface area contributed by atoms with Gasteiger partial charge in [0.15, 0.2) is 0 Å². The number of imidazole rings is 1. The van der Waals surface area contributed by atoms with Gasteiger partial charge in [0, 0.05) is 19.6 Å². The molecule has 1 aliphatic heterocycles. The zero-order valence-corrected chi connectivity index (χ0v) is 18.0. The molecular weight excluding hydrogens is 396 g/mol. The first-order valence-electron chi connectivity index (χ1n) is 10.4. The third-order valence-corrected chi connectivity index (χ3v) is 6.97. The number of hydrogen-bond donors (Lipinski definition) is 1. The molecule has 3 aromatic heterocycles. The minimum atomic E-state index is -0.0856. The second-order valence-electron chi connectivity index (χ2n) is 7.57. The third-order valence-electron chi connectivity index (χ3n) is 5.78. The molecule has 0 aliphatic carbocycles. The van der Waals surface area contributed by atoms with Crippen LogP contribution in [0.25, 0.3) is 21.3 Å². The highest BCUT2D eigenvalue weighted by Crippen LogP contribution is 2.35. The van der Waals surface area contributed by atoms with Crippen LogP contribution < -0.4 is 10.2 Å². The van der Waals surface area contributed by atoms with Crippen molar-refractivity contribution in [3.05, 3.63) is 46.9 Å². The fourth-order valence-electron chi connectivity index (χ4n) is 4.29. The summed E-state index contributed by atoms with van der Waals surface area (Å²) in [6.07, 6.45) is 3.97. The summed E-state index contributed by atoms with van der Waals surface area (Å²) in [5.74, 6) is 1.74. The van der Waals surface area contributed by atoms with Gasteiger partial charge in [0.2, 0.25) is 0 Å². The molecule has 1 saturated heterocycles. The molecule has 5 rings (SSSR count). The van der Waals surface area contributed by atoms with Crippen molar-refractivity contribution < 1.29 is 4.79 Å². The first-order chi connectivity index (χ1) is 14.7. The number of amides is 1. The second kappa shape index (κ2) is 7.68. The lowest BCUT2D eigenvalue weighted by atomic mass is 10.2. The largest absolute Gasteiger partial charge is 0.356 e. The molecule has 1 fully saturated rings. The maximum atomic E-state index is 13.1. The topological polar surface area (TPSA) is 75.9 Å². The van der Waals surface area contributed by atoms with Crippen LogP contribution in [-0.4, -0.2) is 38.5 Å². The number of aryl methyl sites for hydroxylation is 2. The number of fused-ring (bicyclic) bond motifs is 2. The van der Waals surface area contributed by atoms with Crippen LogP contribution in [0.4, 0.5) is 5.82 Å². The zero-order chi connectivity index (χ0) is 20.7. The average molecular weight is 421 g/mol. The molecule has 8 heteroatoms. The normalized spacial score (nSPS) is 14.1.